The molecular formula is C33H42O20. The number of rotatable bonds is 8. The summed E-state index contributed by atoms with van der Waals surface area (Å²) >= 11 is 0. The van der Waals surface area contributed by atoms with Gasteiger partial charge in [0.15, 0.2) is 36.3 Å². The molecule has 4 aliphatic heterocycles. The Morgan fingerprint density at radius 1 is 0.642 bits per heavy atom. The fourth-order valence-electron chi connectivity index (χ4n) is 6.54. The molecule has 2 aromatic carbocycles. The molecular weight excluding hydrogens is 716 g/mol. The van der Waals surface area contributed by atoms with Gasteiger partial charge < -0.3 is 94.4 Å². The molecule has 20 heteroatoms. The Balaban J connectivity index is 1.35. The highest BCUT2D eigenvalue weighted by Gasteiger charge is 2.53. The minimum absolute atomic E-state index is 0.0108. The number of phenols is 3. The largest absolute Gasteiger partial charge is 0.507 e. The van der Waals surface area contributed by atoms with Gasteiger partial charge in [0.05, 0.1) is 18.8 Å². The standard InChI is InChI=1S/C33H42O20/c1-9-19(38)23(42)26(45)31(47-9)49-12-6-15(37)18-16(7-12)50-28(11-3-4-13(35)14(36)5-11)29(22(18)41)52-33-30(25(44)21(40)17(8-34)51-33)53-32-27(46)24(43)20(39)10(2)48-32/h3-7,9-10,17,19-21,23-40,42-46H,8H2,1-2H3. The van der Waals surface area contributed by atoms with E-state index < -0.39 is 140 Å². The van der Waals surface area contributed by atoms with Crippen LogP contribution in [-0.2, 0) is 23.7 Å². The van der Waals surface area contributed by atoms with Crippen LogP contribution in [0.3, 0.4) is 0 Å². The zero-order valence-corrected chi connectivity index (χ0v) is 28.0. The number of Topliss-reactive ketones (excluding diaryl/α,β-unsaturated/α-hetero) is 1. The second-order valence-corrected chi connectivity index (χ2v) is 13.3. The summed E-state index contributed by atoms with van der Waals surface area (Å²) in [6, 6.07) is 5.50. The zero-order chi connectivity index (χ0) is 38.6. The highest BCUT2D eigenvalue weighted by molar-refractivity contribution is 6.05. The molecule has 12 N–H and O–H groups in total. The summed E-state index contributed by atoms with van der Waals surface area (Å²) in [4.78, 5) is 14.3. The van der Waals surface area contributed by atoms with E-state index in [0.717, 1.165) is 24.3 Å². The minimum Gasteiger partial charge on any atom is -0.507 e. The van der Waals surface area contributed by atoms with Crippen LogP contribution in [0.5, 0.6) is 28.7 Å². The van der Waals surface area contributed by atoms with Gasteiger partial charge in [0.1, 0.15) is 83.9 Å². The van der Waals surface area contributed by atoms with Crippen molar-refractivity contribution in [1.29, 1.82) is 0 Å². The van der Waals surface area contributed by atoms with Crippen molar-refractivity contribution in [1.82, 2.24) is 0 Å². The van der Waals surface area contributed by atoms with Crippen LogP contribution < -0.4 is 9.47 Å². The summed E-state index contributed by atoms with van der Waals surface area (Å²) in [5.41, 5.74) is -0.461. The van der Waals surface area contributed by atoms with E-state index in [-0.39, 0.29) is 17.1 Å². The number of ketones is 1. The summed E-state index contributed by atoms with van der Waals surface area (Å²) in [7, 11) is 0. The molecule has 0 saturated carbocycles. The molecule has 17 unspecified atom stereocenters. The van der Waals surface area contributed by atoms with Crippen LogP contribution in [0.1, 0.15) is 35.9 Å². The molecule has 0 spiro atoms. The summed E-state index contributed by atoms with van der Waals surface area (Å²) < 4.78 is 40.2. The van der Waals surface area contributed by atoms with Crippen LogP contribution in [0.4, 0.5) is 0 Å². The Hall–Kier alpha value is -3.45. The maximum atomic E-state index is 14.3. The molecule has 0 aromatic heterocycles. The van der Waals surface area contributed by atoms with E-state index in [1.54, 1.807) is 0 Å². The third kappa shape index (κ3) is 7.36. The summed E-state index contributed by atoms with van der Waals surface area (Å²) in [6.45, 7) is 1.93. The molecule has 0 radical (unpaired) electrons. The van der Waals surface area contributed by atoms with Gasteiger partial charge in [-0.05, 0) is 31.5 Å². The fraction of sp³-hybridized carbons (Fsp3) is 0.606. The van der Waals surface area contributed by atoms with Crippen molar-refractivity contribution in [2.24, 2.45) is 0 Å². The van der Waals surface area contributed by atoms with Crippen LogP contribution in [0.2, 0.25) is 0 Å². The number of carbonyl (C=O) groups excluding carboxylic acids is 1. The Labute approximate surface area is 300 Å². The van der Waals surface area contributed by atoms with Crippen molar-refractivity contribution in [3.63, 3.8) is 0 Å². The summed E-state index contributed by atoms with van der Waals surface area (Å²) in [6.07, 6.45) is -27.7. The molecule has 294 valence electrons. The fourth-order valence-corrected chi connectivity index (χ4v) is 6.54. The van der Waals surface area contributed by atoms with Gasteiger partial charge in [0.25, 0.3) is 0 Å². The predicted octanol–water partition coefficient (Wildman–Crippen LogP) is -3.64. The molecule has 6 rings (SSSR count). The molecule has 20 nitrogen and oxygen atoms in total. The number of fused-ring (bicyclic) bond motifs is 1. The molecule has 3 saturated heterocycles. The van der Waals surface area contributed by atoms with Gasteiger partial charge in [0.2, 0.25) is 12.1 Å². The highest BCUT2D eigenvalue weighted by atomic mass is 16.8. The maximum Gasteiger partial charge on any atom is 0.229 e. The number of hydrogen-bond acceptors (Lipinski definition) is 20. The van der Waals surface area contributed by atoms with E-state index in [2.05, 4.69) is 0 Å². The Morgan fingerprint density at radius 3 is 1.89 bits per heavy atom. The molecule has 0 aliphatic carbocycles. The van der Waals surface area contributed by atoms with E-state index in [1.165, 1.54) is 19.9 Å². The van der Waals surface area contributed by atoms with Gasteiger partial charge in [-0.1, -0.05) is 6.07 Å². The topological polar surface area (TPSA) is 324 Å². The lowest BCUT2D eigenvalue weighted by molar-refractivity contribution is -0.369. The number of phenolic OH excluding ortho intramolecular Hbond substituents is 3. The number of benzene rings is 2. The van der Waals surface area contributed by atoms with Gasteiger partial charge in [0, 0.05) is 12.1 Å². The smallest absolute Gasteiger partial charge is 0.229 e. The number of aliphatic hydroxyl groups excluding tert-OH is 9. The van der Waals surface area contributed by atoms with Crippen LogP contribution in [0, 0.1) is 0 Å². The van der Waals surface area contributed by atoms with Gasteiger partial charge in [-0.15, -0.1) is 0 Å². The van der Waals surface area contributed by atoms with Crippen LogP contribution in [0.25, 0.3) is 0 Å². The van der Waals surface area contributed by atoms with E-state index in [9.17, 15) is 66.1 Å². The zero-order valence-electron chi connectivity index (χ0n) is 28.0. The first-order valence-electron chi connectivity index (χ1n) is 16.6. The molecule has 4 heterocycles. The first-order chi connectivity index (χ1) is 25.0. The summed E-state index contributed by atoms with van der Waals surface area (Å²) in [5, 5.41) is 125. The molecule has 2 aromatic rings. The molecule has 0 bridgehead atoms. The number of aromatic hydroxyl groups is 3. The van der Waals surface area contributed by atoms with E-state index in [0.29, 0.717) is 0 Å². The average molecular weight is 759 g/mol. The first kappa shape index (κ1) is 39.2. The number of aliphatic hydroxyl groups is 9. The third-order valence-electron chi connectivity index (χ3n) is 9.68. The predicted molar refractivity (Wildman–Crippen MR) is 168 cm³/mol. The number of hydrogen-bond donors (Lipinski definition) is 12. The first-order valence-corrected chi connectivity index (χ1v) is 16.6. The Kier molecular flexibility index (Phi) is 11.4. The van der Waals surface area contributed by atoms with Crippen molar-refractivity contribution in [2.45, 2.75) is 118 Å². The number of ether oxygens (including phenoxy) is 7. The second-order valence-electron chi connectivity index (χ2n) is 13.3. The molecule has 3 fully saturated rings. The number of carbonyl (C=O) groups is 1. The monoisotopic (exact) mass is 758 g/mol. The van der Waals surface area contributed by atoms with Crippen LogP contribution in [0.15, 0.2) is 30.3 Å². The van der Waals surface area contributed by atoms with Crippen molar-refractivity contribution >= 4 is 5.78 Å². The Morgan fingerprint density at radius 2 is 1.26 bits per heavy atom. The van der Waals surface area contributed by atoms with Gasteiger partial charge >= 0.3 is 0 Å². The Bertz CT molecular complexity index is 1630. The van der Waals surface area contributed by atoms with E-state index in [4.69, 9.17) is 33.2 Å². The van der Waals surface area contributed by atoms with Crippen molar-refractivity contribution in [3.05, 3.63) is 41.5 Å². The van der Waals surface area contributed by atoms with Crippen molar-refractivity contribution in [2.75, 3.05) is 6.61 Å². The van der Waals surface area contributed by atoms with Gasteiger partial charge in [-0.3, -0.25) is 4.79 Å². The lowest BCUT2D eigenvalue weighted by atomic mass is 9.92. The highest BCUT2D eigenvalue weighted by Crippen LogP contribution is 2.45. The summed E-state index contributed by atoms with van der Waals surface area (Å²) in [5.74, 6) is -3.42. The van der Waals surface area contributed by atoms with E-state index >= 15 is 0 Å². The van der Waals surface area contributed by atoms with Crippen molar-refractivity contribution in [3.8, 4) is 28.7 Å². The normalized spacial score (nSPS) is 41.7. The molecule has 4 aliphatic rings. The molecule has 17 atom stereocenters. The lowest BCUT2D eigenvalue weighted by Gasteiger charge is -2.46. The van der Waals surface area contributed by atoms with E-state index in [1.807, 2.05) is 0 Å². The van der Waals surface area contributed by atoms with Crippen LogP contribution in [-0.4, -0.2) is 172 Å². The van der Waals surface area contributed by atoms with Gasteiger partial charge in [-0.25, -0.2) is 0 Å². The molecule has 53 heavy (non-hydrogen) atoms. The SMILES string of the molecule is CC1OC(Oc2cc(O)c3c(c2)OC(c2ccc(O)c(O)c2)C(OC2OC(CO)C(O)C(O)C2OC2OC(C)C(O)C(O)C2O)C3=O)C(O)C(O)C1O. The lowest BCUT2D eigenvalue weighted by Crippen LogP contribution is -2.64. The average Bonchev–Trinajstić information content (AvgIpc) is 3.12. The molecule has 0 amide bonds. The second kappa shape index (κ2) is 15.4. The maximum absolute atomic E-state index is 14.3. The minimum atomic E-state index is -1.95. The van der Waals surface area contributed by atoms with Gasteiger partial charge in [-0.2, -0.15) is 0 Å². The quantitative estimate of drug-likeness (QED) is 0.116. The third-order valence-corrected chi connectivity index (χ3v) is 9.68. The van der Waals surface area contributed by atoms with Crippen molar-refractivity contribution < 1.29 is 99.2 Å². The van der Waals surface area contributed by atoms with Crippen LogP contribution >= 0.6 is 0 Å².